The molecule has 2 aromatic heterocycles. The van der Waals surface area contributed by atoms with Gasteiger partial charge in [-0.25, -0.2) is 4.98 Å². The van der Waals surface area contributed by atoms with Crippen molar-refractivity contribution >= 4 is 28.5 Å². The zero-order valence-electron chi connectivity index (χ0n) is 16.6. The number of fused-ring (bicyclic) bond motifs is 1. The lowest BCUT2D eigenvalue weighted by atomic mass is 10.0. The molecule has 5 nitrogen and oxygen atoms in total. The molecular formula is C25H21N3O2. The van der Waals surface area contributed by atoms with Crippen molar-refractivity contribution in [1.29, 1.82) is 0 Å². The second-order valence-corrected chi connectivity index (χ2v) is 6.73. The van der Waals surface area contributed by atoms with E-state index in [2.05, 4.69) is 15.3 Å². The first-order chi connectivity index (χ1) is 14.7. The van der Waals surface area contributed by atoms with Gasteiger partial charge in [-0.1, -0.05) is 42.5 Å². The van der Waals surface area contributed by atoms with E-state index in [4.69, 9.17) is 4.74 Å². The third-order valence-electron chi connectivity index (χ3n) is 4.68. The lowest BCUT2D eigenvalue weighted by Crippen LogP contribution is -2.19. The van der Waals surface area contributed by atoms with Crippen molar-refractivity contribution in [1.82, 2.24) is 15.3 Å². The fraction of sp³-hybridized carbons (Fsp3) is 0.0800. The Morgan fingerprint density at radius 2 is 1.83 bits per heavy atom. The Bertz CT molecular complexity index is 1190. The van der Waals surface area contributed by atoms with E-state index >= 15 is 0 Å². The number of para-hydroxylation sites is 1. The van der Waals surface area contributed by atoms with Gasteiger partial charge in [-0.15, -0.1) is 0 Å². The molecule has 0 bridgehead atoms. The number of rotatable bonds is 6. The summed E-state index contributed by atoms with van der Waals surface area (Å²) in [6.45, 7) is 0.373. The van der Waals surface area contributed by atoms with Crippen LogP contribution in [-0.2, 0) is 11.4 Å². The Kier molecular flexibility index (Phi) is 5.80. The molecule has 1 amide bonds. The predicted molar refractivity (Wildman–Crippen MR) is 119 cm³/mol. The minimum absolute atomic E-state index is 0.159. The zero-order valence-corrected chi connectivity index (χ0v) is 16.6. The van der Waals surface area contributed by atoms with Crippen molar-refractivity contribution in [2.24, 2.45) is 0 Å². The van der Waals surface area contributed by atoms with E-state index in [0.717, 1.165) is 27.7 Å². The van der Waals surface area contributed by atoms with Gasteiger partial charge in [-0.2, -0.15) is 0 Å². The van der Waals surface area contributed by atoms with E-state index in [9.17, 15) is 4.79 Å². The van der Waals surface area contributed by atoms with Crippen molar-refractivity contribution in [3.63, 3.8) is 0 Å². The van der Waals surface area contributed by atoms with Crippen LogP contribution in [0.1, 0.15) is 16.8 Å². The summed E-state index contributed by atoms with van der Waals surface area (Å²) in [5.41, 5.74) is 4.03. The largest absolute Gasteiger partial charge is 0.487 e. The van der Waals surface area contributed by atoms with Gasteiger partial charge in [0.25, 0.3) is 5.91 Å². The Balaban J connectivity index is 1.50. The first kappa shape index (κ1) is 19.3. The van der Waals surface area contributed by atoms with Gasteiger partial charge in [0.2, 0.25) is 0 Å². The average Bonchev–Trinajstić information content (AvgIpc) is 2.81. The molecular weight excluding hydrogens is 374 g/mol. The number of nitrogens with one attached hydrogen (secondary N) is 1. The molecule has 5 heteroatoms. The Morgan fingerprint density at radius 3 is 2.60 bits per heavy atom. The molecule has 0 unspecified atom stereocenters. The number of benzene rings is 2. The molecule has 148 valence electrons. The van der Waals surface area contributed by atoms with E-state index in [-0.39, 0.29) is 5.91 Å². The molecule has 2 heterocycles. The van der Waals surface area contributed by atoms with Crippen LogP contribution >= 0.6 is 0 Å². The fourth-order valence-electron chi connectivity index (χ4n) is 3.12. The topological polar surface area (TPSA) is 64.1 Å². The second-order valence-electron chi connectivity index (χ2n) is 6.73. The molecule has 1 N–H and O–H groups in total. The van der Waals surface area contributed by atoms with Crippen LogP contribution < -0.4 is 10.1 Å². The molecule has 0 aliphatic heterocycles. The zero-order chi connectivity index (χ0) is 20.8. The van der Waals surface area contributed by atoms with Crippen molar-refractivity contribution in [3.05, 3.63) is 102 Å². The van der Waals surface area contributed by atoms with Crippen molar-refractivity contribution in [2.45, 2.75) is 6.61 Å². The Morgan fingerprint density at radius 1 is 1.00 bits per heavy atom. The lowest BCUT2D eigenvalue weighted by molar-refractivity contribution is -0.115. The van der Waals surface area contributed by atoms with Gasteiger partial charge < -0.3 is 10.1 Å². The van der Waals surface area contributed by atoms with Gasteiger partial charge in [0, 0.05) is 30.4 Å². The molecule has 0 atom stereocenters. The van der Waals surface area contributed by atoms with Crippen LogP contribution in [0, 0.1) is 0 Å². The summed E-state index contributed by atoms with van der Waals surface area (Å²) in [7, 11) is 1.62. The van der Waals surface area contributed by atoms with Crippen LogP contribution in [0.25, 0.3) is 22.6 Å². The number of likely N-dealkylation sites (N-methyl/N-ethyl adjacent to an activating group) is 1. The van der Waals surface area contributed by atoms with Crippen molar-refractivity contribution < 1.29 is 9.53 Å². The molecule has 0 aliphatic rings. The third kappa shape index (κ3) is 4.52. The normalized spacial score (nSPS) is 11.3. The summed E-state index contributed by atoms with van der Waals surface area (Å²) in [6.07, 6.45) is 5.24. The summed E-state index contributed by atoms with van der Waals surface area (Å²) < 4.78 is 5.89. The summed E-state index contributed by atoms with van der Waals surface area (Å²) in [5.74, 6) is 0.555. The number of aromatic nitrogens is 2. The maximum Gasteiger partial charge on any atom is 0.251 e. The quantitative estimate of drug-likeness (QED) is 0.489. The highest BCUT2D eigenvalue weighted by molar-refractivity contribution is 6.24. The van der Waals surface area contributed by atoms with Gasteiger partial charge in [0.05, 0.1) is 11.2 Å². The van der Waals surface area contributed by atoms with Crippen LogP contribution in [0.3, 0.4) is 0 Å². The predicted octanol–water partition coefficient (Wildman–Crippen LogP) is 4.50. The molecule has 0 fully saturated rings. The van der Waals surface area contributed by atoms with Crippen molar-refractivity contribution in [2.75, 3.05) is 7.05 Å². The fourth-order valence-corrected chi connectivity index (χ4v) is 3.12. The highest BCUT2D eigenvalue weighted by Crippen LogP contribution is 2.22. The van der Waals surface area contributed by atoms with Gasteiger partial charge in [0.1, 0.15) is 12.4 Å². The molecule has 0 spiro atoms. The lowest BCUT2D eigenvalue weighted by Gasteiger charge is -2.10. The smallest absolute Gasteiger partial charge is 0.251 e. The first-order valence-electron chi connectivity index (χ1n) is 9.64. The third-order valence-corrected chi connectivity index (χ3v) is 4.68. The molecule has 0 radical (unpaired) electrons. The summed E-state index contributed by atoms with van der Waals surface area (Å²) in [6, 6.07) is 23.2. The molecule has 4 aromatic rings. The molecule has 30 heavy (non-hydrogen) atoms. The minimum atomic E-state index is -0.159. The van der Waals surface area contributed by atoms with Crippen LogP contribution in [0.5, 0.6) is 5.75 Å². The average molecular weight is 395 g/mol. The molecule has 4 rings (SSSR count). The number of hydrogen-bond acceptors (Lipinski definition) is 4. The number of carbonyl (C=O) groups is 1. The van der Waals surface area contributed by atoms with E-state index in [1.807, 2.05) is 78.9 Å². The molecule has 0 saturated carbocycles. The van der Waals surface area contributed by atoms with Crippen LogP contribution in [0.2, 0.25) is 0 Å². The van der Waals surface area contributed by atoms with Gasteiger partial charge in [0.15, 0.2) is 0 Å². The highest BCUT2D eigenvalue weighted by atomic mass is 16.5. The maximum atomic E-state index is 12.4. The van der Waals surface area contributed by atoms with E-state index in [1.54, 1.807) is 19.4 Å². The summed E-state index contributed by atoms with van der Waals surface area (Å²) in [5, 5.41) is 3.80. The first-order valence-corrected chi connectivity index (χ1v) is 9.64. The van der Waals surface area contributed by atoms with Crippen LogP contribution in [-0.4, -0.2) is 22.9 Å². The van der Waals surface area contributed by atoms with Crippen LogP contribution in [0.4, 0.5) is 0 Å². The van der Waals surface area contributed by atoms with Gasteiger partial charge in [-0.3, -0.25) is 9.78 Å². The molecule has 0 saturated heterocycles. The number of nitrogens with zero attached hydrogens (tertiary/aromatic N) is 2. The number of hydrogen-bond donors (Lipinski definition) is 1. The second kappa shape index (κ2) is 9.01. The monoisotopic (exact) mass is 395 g/mol. The maximum absolute atomic E-state index is 12.4. The molecule has 0 aliphatic carbocycles. The van der Waals surface area contributed by atoms with Crippen LogP contribution in [0.15, 0.2) is 85.2 Å². The summed E-state index contributed by atoms with van der Waals surface area (Å²) >= 11 is 0. The number of pyridine rings is 2. The van der Waals surface area contributed by atoms with Gasteiger partial charge >= 0.3 is 0 Å². The minimum Gasteiger partial charge on any atom is -0.487 e. The standard InChI is InChI=1S/C25H21N3O2/c1-26-25(29)23(15-18-5-4-14-27-16-18)19-9-12-22(13-10-19)30-17-21-11-8-20-6-2-3-7-24(20)28-21/h2-16H,17H2,1H3,(H,26,29). The highest BCUT2D eigenvalue weighted by Gasteiger charge is 2.11. The number of ether oxygens (including phenoxy) is 1. The van der Waals surface area contributed by atoms with E-state index < -0.39 is 0 Å². The Hall–Kier alpha value is -3.99. The van der Waals surface area contributed by atoms with Crippen molar-refractivity contribution in [3.8, 4) is 5.75 Å². The summed E-state index contributed by atoms with van der Waals surface area (Å²) in [4.78, 5) is 21.1. The Labute approximate surface area is 175 Å². The van der Waals surface area contributed by atoms with Gasteiger partial charge in [-0.05, 0) is 47.5 Å². The van der Waals surface area contributed by atoms with E-state index in [0.29, 0.717) is 17.9 Å². The SMILES string of the molecule is CNC(=O)C(=Cc1cccnc1)c1ccc(OCc2ccc3ccccc3n2)cc1. The number of carbonyl (C=O) groups excluding carboxylic acids is 1. The molecule has 2 aromatic carbocycles. The van der Waals surface area contributed by atoms with E-state index in [1.165, 1.54) is 0 Å². The number of amides is 1.